The van der Waals surface area contributed by atoms with Crippen LogP contribution in [0.1, 0.15) is 46.5 Å². The van der Waals surface area contributed by atoms with Crippen LogP contribution < -0.4 is 0 Å². The van der Waals surface area contributed by atoms with Gasteiger partial charge in [-0.15, -0.1) is 0 Å². The van der Waals surface area contributed by atoms with E-state index in [4.69, 9.17) is 7.85 Å². The van der Waals surface area contributed by atoms with Crippen molar-refractivity contribution in [1.82, 2.24) is 0 Å². The van der Waals surface area contributed by atoms with Crippen LogP contribution in [0.5, 0.6) is 0 Å². The zero-order valence-corrected chi connectivity index (χ0v) is 8.06. The van der Waals surface area contributed by atoms with Crippen molar-refractivity contribution in [1.29, 1.82) is 0 Å². The highest BCUT2D eigenvalue weighted by Gasteiger charge is 2.32. The Morgan fingerprint density at radius 3 is 2.45 bits per heavy atom. The second-order valence-electron chi connectivity index (χ2n) is 4.47. The maximum Gasteiger partial charge on any atom is 0.0746 e. The minimum atomic E-state index is 0.102. The molecule has 0 aliphatic heterocycles. The van der Waals surface area contributed by atoms with Crippen molar-refractivity contribution in [3.05, 3.63) is 0 Å². The molecule has 0 nitrogen and oxygen atoms in total. The maximum atomic E-state index is 6.18. The van der Waals surface area contributed by atoms with Crippen LogP contribution in [0.4, 0.5) is 0 Å². The van der Waals surface area contributed by atoms with E-state index in [1.165, 1.54) is 19.3 Å². The molecule has 3 unspecified atom stereocenters. The SMILES string of the molecule is [B]C(C)(CC)C1CCC(C)C1. The normalized spacial score (nSPS) is 37.0. The molecule has 0 amide bonds. The first-order valence-electron chi connectivity index (χ1n) is 4.85. The van der Waals surface area contributed by atoms with Gasteiger partial charge in [0.05, 0.1) is 7.85 Å². The summed E-state index contributed by atoms with van der Waals surface area (Å²) in [7, 11) is 6.18. The second kappa shape index (κ2) is 3.20. The molecule has 0 bridgehead atoms. The Hall–Kier alpha value is 0.0649. The Morgan fingerprint density at radius 2 is 2.09 bits per heavy atom. The zero-order chi connectivity index (χ0) is 8.48. The summed E-state index contributed by atoms with van der Waals surface area (Å²) in [4.78, 5) is 0. The number of rotatable bonds is 2. The molecule has 0 aromatic rings. The van der Waals surface area contributed by atoms with Gasteiger partial charge in [-0.2, -0.15) is 0 Å². The Morgan fingerprint density at radius 1 is 1.45 bits per heavy atom. The van der Waals surface area contributed by atoms with E-state index in [0.717, 1.165) is 18.3 Å². The van der Waals surface area contributed by atoms with Gasteiger partial charge >= 0.3 is 0 Å². The molecule has 2 radical (unpaired) electrons. The van der Waals surface area contributed by atoms with E-state index < -0.39 is 0 Å². The summed E-state index contributed by atoms with van der Waals surface area (Å²) >= 11 is 0. The van der Waals surface area contributed by atoms with Crippen molar-refractivity contribution in [2.75, 3.05) is 0 Å². The highest BCUT2D eigenvalue weighted by Crippen LogP contribution is 2.46. The minimum absolute atomic E-state index is 0.102. The smallest absolute Gasteiger partial charge is 0.0674 e. The molecular formula is C10H19B. The van der Waals surface area contributed by atoms with E-state index in [-0.39, 0.29) is 5.31 Å². The highest BCUT2D eigenvalue weighted by molar-refractivity contribution is 6.15. The molecule has 1 aliphatic carbocycles. The highest BCUT2D eigenvalue weighted by atomic mass is 14.3. The Kier molecular flexibility index (Phi) is 2.67. The van der Waals surface area contributed by atoms with Gasteiger partial charge in [0, 0.05) is 0 Å². The molecule has 0 N–H and O–H groups in total. The van der Waals surface area contributed by atoms with Gasteiger partial charge in [0.25, 0.3) is 0 Å². The predicted molar refractivity (Wildman–Crippen MR) is 50.9 cm³/mol. The summed E-state index contributed by atoms with van der Waals surface area (Å²) in [6.07, 6.45) is 5.20. The summed E-state index contributed by atoms with van der Waals surface area (Å²) in [5.74, 6) is 1.69. The molecule has 62 valence electrons. The molecule has 0 aromatic carbocycles. The lowest BCUT2D eigenvalue weighted by Gasteiger charge is -2.31. The van der Waals surface area contributed by atoms with Gasteiger partial charge in [0.2, 0.25) is 0 Å². The fourth-order valence-electron chi connectivity index (χ4n) is 2.09. The molecule has 1 rings (SSSR count). The first-order chi connectivity index (χ1) is 5.06. The van der Waals surface area contributed by atoms with E-state index in [9.17, 15) is 0 Å². The van der Waals surface area contributed by atoms with Crippen molar-refractivity contribution >= 4 is 7.85 Å². The van der Waals surface area contributed by atoms with Crippen LogP contribution in [0, 0.1) is 11.8 Å². The van der Waals surface area contributed by atoms with E-state index in [1.807, 2.05) is 0 Å². The molecular weight excluding hydrogens is 131 g/mol. The maximum absolute atomic E-state index is 6.18. The first kappa shape index (κ1) is 9.16. The van der Waals surface area contributed by atoms with Gasteiger partial charge < -0.3 is 0 Å². The summed E-state index contributed by atoms with van der Waals surface area (Å²) in [6, 6.07) is 0. The Labute approximate surface area is 72.2 Å². The molecule has 0 spiro atoms. The van der Waals surface area contributed by atoms with Crippen molar-refractivity contribution in [3.63, 3.8) is 0 Å². The summed E-state index contributed by atoms with van der Waals surface area (Å²) in [6.45, 7) is 6.74. The van der Waals surface area contributed by atoms with Crippen LogP contribution in [0.2, 0.25) is 5.31 Å². The average Bonchev–Trinajstić information content (AvgIpc) is 2.36. The number of hydrogen-bond donors (Lipinski definition) is 0. The van der Waals surface area contributed by atoms with Gasteiger partial charge in [0.1, 0.15) is 0 Å². The molecule has 1 fully saturated rings. The summed E-state index contributed by atoms with van der Waals surface area (Å²) < 4.78 is 0. The Balaban J connectivity index is 2.48. The van der Waals surface area contributed by atoms with E-state index in [1.54, 1.807) is 0 Å². The fourth-order valence-corrected chi connectivity index (χ4v) is 2.09. The molecule has 3 atom stereocenters. The third-order valence-corrected chi connectivity index (χ3v) is 3.39. The fraction of sp³-hybridized carbons (Fsp3) is 1.00. The van der Waals surface area contributed by atoms with E-state index >= 15 is 0 Å². The zero-order valence-electron chi connectivity index (χ0n) is 8.06. The van der Waals surface area contributed by atoms with Crippen LogP contribution >= 0.6 is 0 Å². The van der Waals surface area contributed by atoms with Gasteiger partial charge in [-0.25, -0.2) is 0 Å². The van der Waals surface area contributed by atoms with E-state index in [0.29, 0.717) is 0 Å². The Bertz CT molecular complexity index is 129. The third-order valence-electron chi connectivity index (χ3n) is 3.39. The van der Waals surface area contributed by atoms with E-state index in [2.05, 4.69) is 20.8 Å². The van der Waals surface area contributed by atoms with Crippen molar-refractivity contribution in [2.24, 2.45) is 11.8 Å². The molecule has 11 heavy (non-hydrogen) atoms. The lowest BCUT2D eigenvalue weighted by Crippen LogP contribution is -2.17. The minimum Gasteiger partial charge on any atom is -0.0674 e. The second-order valence-corrected chi connectivity index (χ2v) is 4.47. The van der Waals surface area contributed by atoms with Crippen LogP contribution in [0.15, 0.2) is 0 Å². The van der Waals surface area contributed by atoms with Gasteiger partial charge in [-0.05, 0) is 18.3 Å². The lowest BCUT2D eigenvalue weighted by molar-refractivity contribution is 0.368. The standard InChI is InChI=1S/C10H19B/c1-4-10(3,11)9-6-5-8(2)7-9/h8-9H,4-7H2,1-3H3. The largest absolute Gasteiger partial charge is 0.0746 e. The van der Waals surface area contributed by atoms with Crippen LogP contribution in [0.3, 0.4) is 0 Å². The molecule has 0 aromatic heterocycles. The molecule has 1 aliphatic rings. The van der Waals surface area contributed by atoms with Gasteiger partial charge in [-0.1, -0.05) is 45.3 Å². The molecule has 1 saturated carbocycles. The van der Waals surface area contributed by atoms with Gasteiger partial charge in [-0.3, -0.25) is 0 Å². The molecule has 1 heteroatoms. The molecule has 0 heterocycles. The average molecular weight is 150 g/mol. The van der Waals surface area contributed by atoms with Gasteiger partial charge in [0.15, 0.2) is 0 Å². The van der Waals surface area contributed by atoms with Crippen LogP contribution in [0.25, 0.3) is 0 Å². The van der Waals surface area contributed by atoms with Crippen molar-refractivity contribution in [2.45, 2.75) is 51.8 Å². The first-order valence-corrected chi connectivity index (χ1v) is 4.85. The van der Waals surface area contributed by atoms with Crippen molar-refractivity contribution in [3.8, 4) is 0 Å². The summed E-state index contributed by atoms with van der Waals surface area (Å²) in [5, 5.41) is 0.102. The topological polar surface area (TPSA) is 0 Å². The third kappa shape index (κ3) is 2.01. The van der Waals surface area contributed by atoms with Crippen molar-refractivity contribution < 1.29 is 0 Å². The number of hydrogen-bond acceptors (Lipinski definition) is 0. The predicted octanol–water partition coefficient (Wildman–Crippen LogP) is 3.18. The molecule has 0 saturated heterocycles. The van der Waals surface area contributed by atoms with Crippen LogP contribution in [-0.4, -0.2) is 7.85 Å². The summed E-state index contributed by atoms with van der Waals surface area (Å²) in [5.41, 5.74) is 0. The monoisotopic (exact) mass is 150 g/mol. The quantitative estimate of drug-likeness (QED) is 0.530. The lowest BCUT2D eigenvalue weighted by atomic mass is 9.60. The van der Waals surface area contributed by atoms with Crippen LogP contribution in [-0.2, 0) is 0 Å².